The first kappa shape index (κ1) is 16.2. The Morgan fingerprint density at radius 1 is 0.955 bits per heavy atom. The van der Waals surface area contributed by atoms with Gasteiger partial charge in [0.05, 0.1) is 12.8 Å². The molecule has 5 nitrogen and oxygen atoms in total. The Morgan fingerprint density at radius 2 is 1.59 bits per heavy atom. The molecule has 4 N–H and O–H groups in total. The van der Waals surface area contributed by atoms with Gasteiger partial charge in [-0.25, -0.2) is 4.39 Å². The Labute approximate surface area is 138 Å². The zero-order chi connectivity index (χ0) is 15.8. The fourth-order valence-electron chi connectivity index (χ4n) is 1.57. The van der Waals surface area contributed by atoms with Crippen molar-refractivity contribution in [3.63, 3.8) is 0 Å². The standard InChI is InChI=1S/C14H15FN4OS2/c15-11-5-3-10(4-6-11)8-16-13(21)18-19-14(22)17-9-12-2-1-7-20-12/h1-7H,8-9H2,(H2,16,18,21)(H2,17,19,22). The van der Waals surface area contributed by atoms with Crippen molar-refractivity contribution in [1.82, 2.24) is 21.5 Å². The summed E-state index contributed by atoms with van der Waals surface area (Å²) in [5, 5.41) is 6.70. The lowest BCUT2D eigenvalue weighted by atomic mass is 10.2. The van der Waals surface area contributed by atoms with Crippen LogP contribution in [0.1, 0.15) is 11.3 Å². The maximum atomic E-state index is 12.8. The maximum absolute atomic E-state index is 12.8. The summed E-state index contributed by atoms with van der Waals surface area (Å²) in [6, 6.07) is 9.83. The maximum Gasteiger partial charge on any atom is 0.185 e. The van der Waals surface area contributed by atoms with E-state index >= 15 is 0 Å². The normalized spacial score (nSPS) is 9.86. The quantitative estimate of drug-likeness (QED) is 0.502. The number of thiocarbonyl (C=S) groups is 2. The van der Waals surface area contributed by atoms with Crippen LogP contribution in [0.4, 0.5) is 4.39 Å². The monoisotopic (exact) mass is 338 g/mol. The van der Waals surface area contributed by atoms with Gasteiger partial charge in [0.25, 0.3) is 0 Å². The predicted molar refractivity (Wildman–Crippen MR) is 90.3 cm³/mol. The Hall–Kier alpha value is -2.19. The molecule has 0 radical (unpaired) electrons. The molecule has 0 saturated carbocycles. The molecule has 1 heterocycles. The Morgan fingerprint density at radius 3 is 2.18 bits per heavy atom. The predicted octanol–water partition coefficient (Wildman–Crippen LogP) is 1.96. The van der Waals surface area contributed by atoms with Crippen LogP contribution in [0.25, 0.3) is 0 Å². The molecule has 0 saturated heterocycles. The highest BCUT2D eigenvalue weighted by atomic mass is 32.1. The fourth-order valence-corrected chi connectivity index (χ4v) is 1.81. The second-order valence-electron chi connectivity index (χ2n) is 4.32. The molecule has 0 unspecified atom stereocenters. The van der Waals surface area contributed by atoms with Gasteiger partial charge in [-0.2, -0.15) is 0 Å². The molecule has 0 fully saturated rings. The number of benzene rings is 1. The van der Waals surface area contributed by atoms with Gasteiger partial charge in [0, 0.05) is 6.54 Å². The average Bonchev–Trinajstić information content (AvgIpc) is 3.04. The van der Waals surface area contributed by atoms with E-state index in [1.807, 2.05) is 6.07 Å². The van der Waals surface area contributed by atoms with Crippen molar-refractivity contribution in [1.29, 1.82) is 0 Å². The largest absolute Gasteiger partial charge is 0.467 e. The molecule has 0 aliphatic rings. The van der Waals surface area contributed by atoms with Gasteiger partial charge < -0.3 is 15.1 Å². The van der Waals surface area contributed by atoms with Crippen molar-refractivity contribution in [3.05, 3.63) is 59.8 Å². The number of halogens is 1. The minimum atomic E-state index is -0.265. The van der Waals surface area contributed by atoms with Crippen molar-refractivity contribution < 1.29 is 8.81 Å². The van der Waals surface area contributed by atoms with Crippen LogP contribution in [0, 0.1) is 5.82 Å². The van der Waals surface area contributed by atoms with Crippen molar-refractivity contribution in [2.45, 2.75) is 13.1 Å². The van der Waals surface area contributed by atoms with E-state index in [2.05, 4.69) is 21.5 Å². The van der Waals surface area contributed by atoms with Crippen LogP contribution in [0.3, 0.4) is 0 Å². The van der Waals surface area contributed by atoms with Gasteiger partial charge in [-0.1, -0.05) is 12.1 Å². The van der Waals surface area contributed by atoms with Crippen LogP contribution in [0.5, 0.6) is 0 Å². The fraction of sp³-hybridized carbons (Fsp3) is 0.143. The van der Waals surface area contributed by atoms with Gasteiger partial charge >= 0.3 is 0 Å². The highest BCUT2D eigenvalue weighted by Crippen LogP contribution is 2.01. The van der Waals surface area contributed by atoms with Crippen LogP contribution in [0.15, 0.2) is 47.1 Å². The van der Waals surface area contributed by atoms with E-state index in [0.29, 0.717) is 23.3 Å². The van der Waals surface area contributed by atoms with Crippen LogP contribution in [-0.2, 0) is 13.1 Å². The van der Waals surface area contributed by atoms with E-state index in [-0.39, 0.29) is 5.82 Å². The number of rotatable bonds is 4. The van der Waals surface area contributed by atoms with Crippen molar-refractivity contribution >= 4 is 34.7 Å². The summed E-state index contributed by atoms with van der Waals surface area (Å²) in [5.41, 5.74) is 6.43. The molecule has 0 aliphatic heterocycles. The first-order valence-electron chi connectivity index (χ1n) is 6.48. The molecule has 2 rings (SSSR count). The molecule has 0 bridgehead atoms. The molecule has 0 spiro atoms. The molecule has 116 valence electrons. The molecule has 22 heavy (non-hydrogen) atoms. The van der Waals surface area contributed by atoms with Crippen LogP contribution in [0.2, 0.25) is 0 Å². The summed E-state index contributed by atoms with van der Waals surface area (Å²) in [5.74, 6) is 0.514. The lowest BCUT2D eigenvalue weighted by Gasteiger charge is -2.13. The zero-order valence-electron chi connectivity index (χ0n) is 11.6. The average molecular weight is 338 g/mol. The zero-order valence-corrected chi connectivity index (χ0v) is 13.2. The highest BCUT2D eigenvalue weighted by Gasteiger charge is 2.00. The Bertz CT molecular complexity index is 616. The third-order valence-corrected chi connectivity index (χ3v) is 3.15. The minimum absolute atomic E-state index is 0.265. The second kappa shape index (κ2) is 8.30. The molecular weight excluding hydrogens is 323 g/mol. The molecule has 0 aliphatic carbocycles. The first-order chi connectivity index (χ1) is 10.6. The molecule has 1 aromatic heterocycles. The van der Waals surface area contributed by atoms with Crippen molar-refractivity contribution in [3.8, 4) is 0 Å². The van der Waals surface area contributed by atoms with E-state index in [4.69, 9.17) is 28.9 Å². The third kappa shape index (κ3) is 5.66. The summed E-state index contributed by atoms with van der Waals surface area (Å²) < 4.78 is 17.9. The van der Waals surface area contributed by atoms with Crippen LogP contribution >= 0.6 is 24.4 Å². The summed E-state index contributed by atoms with van der Waals surface area (Å²) >= 11 is 10.2. The summed E-state index contributed by atoms with van der Waals surface area (Å²) in [6.45, 7) is 0.969. The Kier molecular flexibility index (Phi) is 6.11. The van der Waals surface area contributed by atoms with E-state index in [9.17, 15) is 4.39 Å². The van der Waals surface area contributed by atoms with Gasteiger partial charge in [-0.15, -0.1) is 0 Å². The van der Waals surface area contributed by atoms with Crippen LogP contribution in [-0.4, -0.2) is 10.2 Å². The number of hydrogen-bond acceptors (Lipinski definition) is 3. The smallest absolute Gasteiger partial charge is 0.185 e. The number of hydrazine groups is 1. The summed E-state index contributed by atoms with van der Waals surface area (Å²) in [4.78, 5) is 0. The SMILES string of the molecule is Fc1ccc(CNC(=S)NNC(=S)NCc2ccco2)cc1. The number of furan rings is 1. The third-order valence-electron chi connectivity index (χ3n) is 2.66. The second-order valence-corrected chi connectivity index (χ2v) is 5.14. The summed E-state index contributed by atoms with van der Waals surface area (Å²) in [7, 11) is 0. The molecule has 8 heteroatoms. The molecule has 0 amide bonds. The van der Waals surface area contributed by atoms with E-state index in [1.54, 1.807) is 24.5 Å². The minimum Gasteiger partial charge on any atom is -0.467 e. The van der Waals surface area contributed by atoms with Crippen molar-refractivity contribution in [2.75, 3.05) is 0 Å². The van der Waals surface area contributed by atoms with E-state index in [0.717, 1.165) is 11.3 Å². The van der Waals surface area contributed by atoms with Gasteiger partial charge in [0.2, 0.25) is 0 Å². The number of hydrogen-bond donors (Lipinski definition) is 4. The molecule has 0 atom stereocenters. The lowest BCUT2D eigenvalue weighted by Crippen LogP contribution is -2.49. The molecular formula is C14H15FN4OS2. The highest BCUT2D eigenvalue weighted by molar-refractivity contribution is 7.80. The van der Waals surface area contributed by atoms with Gasteiger partial charge in [0.1, 0.15) is 11.6 Å². The van der Waals surface area contributed by atoms with Gasteiger partial charge in [-0.05, 0) is 54.3 Å². The number of nitrogens with one attached hydrogen (secondary N) is 4. The molecule has 1 aromatic carbocycles. The summed E-state index contributed by atoms with van der Waals surface area (Å²) in [6.07, 6.45) is 1.60. The van der Waals surface area contributed by atoms with E-state index in [1.165, 1.54) is 12.1 Å². The first-order valence-corrected chi connectivity index (χ1v) is 7.29. The topological polar surface area (TPSA) is 61.3 Å². The Balaban J connectivity index is 1.62. The van der Waals surface area contributed by atoms with Gasteiger partial charge in [0.15, 0.2) is 10.2 Å². The van der Waals surface area contributed by atoms with Crippen molar-refractivity contribution in [2.24, 2.45) is 0 Å². The van der Waals surface area contributed by atoms with Crippen LogP contribution < -0.4 is 21.5 Å². The van der Waals surface area contributed by atoms with E-state index < -0.39 is 0 Å². The lowest BCUT2D eigenvalue weighted by molar-refractivity contribution is 0.502. The molecule has 2 aromatic rings. The van der Waals surface area contributed by atoms with Gasteiger partial charge in [-0.3, -0.25) is 10.9 Å².